The van der Waals surface area contributed by atoms with Gasteiger partial charge < -0.3 is 5.32 Å². The van der Waals surface area contributed by atoms with Crippen molar-refractivity contribution < 1.29 is 4.79 Å². The molecule has 0 aliphatic rings. The second kappa shape index (κ2) is 5.06. The summed E-state index contributed by atoms with van der Waals surface area (Å²) in [5, 5.41) is 7.11. The van der Waals surface area contributed by atoms with Crippen LogP contribution in [0, 0.1) is 6.92 Å². The van der Waals surface area contributed by atoms with Gasteiger partial charge in [-0.15, -0.1) is 6.58 Å². The van der Waals surface area contributed by atoms with Crippen LogP contribution < -0.4 is 10.7 Å². The summed E-state index contributed by atoms with van der Waals surface area (Å²) in [5.41, 5.74) is 1.23. The molecular weight excluding hydrogens is 242 g/mol. The number of carbonyl (C=O) groups is 1. The standard InChI is InChI=1S/C14H15N3O2/c1-4-7-15-14(19)12-13(18)10-8-9(2)5-6-11(10)17(3)16-12/h4-6,8H,1,7H2,2-3H3,(H,15,19). The summed E-state index contributed by atoms with van der Waals surface area (Å²) in [5.74, 6) is -0.482. The molecule has 98 valence electrons. The molecule has 2 rings (SSSR count). The lowest BCUT2D eigenvalue weighted by Crippen LogP contribution is -2.31. The monoisotopic (exact) mass is 257 g/mol. The topological polar surface area (TPSA) is 64.0 Å². The van der Waals surface area contributed by atoms with Crippen molar-refractivity contribution in [3.8, 4) is 0 Å². The van der Waals surface area contributed by atoms with E-state index in [1.807, 2.05) is 19.1 Å². The zero-order chi connectivity index (χ0) is 14.0. The number of hydrogen-bond acceptors (Lipinski definition) is 3. The fourth-order valence-corrected chi connectivity index (χ4v) is 1.89. The van der Waals surface area contributed by atoms with E-state index in [9.17, 15) is 9.59 Å². The minimum absolute atomic E-state index is 0.0950. The van der Waals surface area contributed by atoms with Crippen molar-refractivity contribution in [2.45, 2.75) is 6.92 Å². The fraction of sp³-hybridized carbons (Fsp3) is 0.214. The van der Waals surface area contributed by atoms with Gasteiger partial charge in [-0.3, -0.25) is 14.3 Å². The number of aromatic nitrogens is 2. The van der Waals surface area contributed by atoms with Crippen molar-refractivity contribution in [1.29, 1.82) is 0 Å². The molecule has 1 heterocycles. The lowest BCUT2D eigenvalue weighted by atomic mass is 10.1. The molecule has 1 N–H and O–H groups in total. The summed E-state index contributed by atoms with van der Waals surface area (Å²) in [6.45, 7) is 5.71. The van der Waals surface area contributed by atoms with Gasteiger partial charge in [0.2, 0.25) is 5.43 Å². The Bertz CT molecular complexity index is 716. The number of hydrogen-bond donors (Lipinski definition) is 1. The Morgan fingerprint density at radius 1 is 1.53 bits per heavy atom. The molecule has 0 fully saturated rings. The lowest BCUT2D eigenvalue weighted by molar-refractivity contribution is 0.0950. The van der Waals surface area contributed by atoms with E-state index >= 15 is 0 Å². The van der Waals surface area contributed by atoms with Crippen LogP contribution in [-0.2, 0) is 7.05 Å². The quantitative estimate of drug-likeness (QED) is 0.839. The van der Waals surface area contributed by atoms with E-state index in [1.54, 1.807) is 23.9 Å². The first-order valence-electron chi connectivity index (χ1n) is 5.91. The first-order chi connectivity index (χ1) is 9.04. The third kappa shape index (κ3) is 2.40. The Labute approximate surface area is 110 Å². The van der Waals surface area contributed by atoms with E-state index in [0.29, 0.717) is 17.4 Å². The highest BCUT2D eigenvalue weighted by molar-refractivity contribution is 5.95. The van der Waals surface area contributed by atoms with Crippen LogP contribution in [-0.4, -0.2) is 22.2 Å². The number of carbonyl (C=O) groups excluding carboxylic acids is 1. The van der Waals surface area contributed by atoms with Crippen LogP contribution >= 0.6 is 0 Å². The average molecular weight is 257 g/mol. The Balaban J connectivity index is 2.64. The van der Waals surface area contributed by atoms with E-state index < -0.39 is 5.91 Å². The van der Waals surface area contributed by atoms with Crippen LogP contribution in [0.3, 0.4) is 0 Å². The Morgan fingerprint density at radius 3 is 2.95 bits per heavy atom. The molecule has 0 aliphatic carbocycles. The molecule has 5 heteroatoms. The molecule has 0 unspecified atom stereocenters. The smallest absolute Gasteiger partial charge is 0.276 e. The molecule has 2 aromatic rings. The number of rotatable bonds is 3. The predicted molar refractivity (Wildman–Crippen MR) is 74.3 cm³/mol. The Hall–Kier alpha value is -2.43. The van der Waals surface area contributed by atoms with Crippen LogP contribution in [0.15, 0.2) is 35.6 Å². The van der Waals surface area contributed by atoms with Crippen LogP contribution in [0.5, 0.6) is 0 Å². The zero-order valence-electron chi connectivity index (χ0n) is 10.9. The van der Waals surface area contributed by atoms with Crippen LogP contribution in [0.25, 0.3) is 10.9 Å². The van der Waals surface area contributed by atoms with Crippen molar-refractivity contribution in [3.63, 3.8) is 0 Å². The first kappa shape index (κ1) is 13.0. The molecule has 0 spiro atoms. The number of aryl methyl sites for hydroxylation is 2. The highest BCUT2D eigenvalue weighted by Gasteiger charge is 2.15. The maximum atomic E-state index is 12.3. The largest absolute Gasteiger partial charge is 0.347 e. The van der Waals surface area contributed by atoms with Crippen LogP contribution in [0.1, 0.15) is 16.1 Å². The van der Waals surface area contributed by atoms with E-state index in [4.69, 9.17) is 0 Å². The number of fused-ring (bicyclic) bond motifs is 1. The summed E-state index contributed by atoms with van der Waals surface area (Å²) in [7, 11) is 1.71. The molecule has 0 saturated heterocycles. The van der Waals surface area contributed by atoms with E-state index in [1.165, 1.54) is 0 Å². The fourth-order valence-electron chi connectivity index (χ4n) is 1.89. The van der Waals surface area contributed by atoms with Gasteiger partial charge in [-0.25, -0.2) is 0 Å². The number of benzene rings is 1. The molecule has 1 amide bonds. The molecule has 0 bridgehead atoms. The van der Waals surface area contributed by atoms with Crippen LogP contribution in [0.4, 0.5) is 0 Å². The molecule has 1 aromatic carbocycles. The van der Waals surface area contributed by atoms with Gasteiger partial charge in [0.1, 0.15) is 0 Å². The normalized spacial score (nSPS) is 10.4. The third-order valence-electron chi connectivity index (χ3n) is 2.83. The highest BCUT2D eigenvalue weighted by atomic mass is 16.2. The molecule has 0 aliphatic heterocycles. The maximum Gasteiger partial charge on any atom is 0.276 e. The SMILES string of the molecule is C=CCNC(=O)c1nn(C)c2ccc(C)cc2c1=O. The third-order valence-corrected chi connectivity index (χ3v) is 2.83. The van der Waals surface area contributed by atoms with Gasteiger partial charge in [0, 0.05) is 13.6 Å². The summed E-state index contributed by atoms with van der Waals surface area (Å²) in [4.78, 5) is 24.1. The van der Waals surface area contributed by atoms with Crippen molar-refractivity contribution in [3.05, 3.63) is 52.3 Å². The van der Waals surface area contributed by atoms with Crippen molar-refractivity contribution >= 4 is 16.8 Å². The van der Waals surface area contributed by atoms with E-state index in [2.05, 4.69) is 17.0 Å². The summed E-state index contributed by atoms with van der Waals surface area (Å²) < 4.78 is 1.54. The molecule has 0 radical (unpaired) electrons. The highest BCUT2D eigenvalue weighted by Crippen LogP contribution is 2.11. The molecule has 0 atom stereocenters. The van der Waals surface area contributed by atoms with Crippen molar-refractivity contribution in [1.82, 2.24) is 15.1 Å². The summed E-state index contributed by atoms with van der Waals surface area (Å²) in [6, 6.07) is 5.50. The molecule has 0 saturated carbocycles. The number of nitrogens with one attached hydrogen (secondary N) is 1. The minimum atomic E-state index is -0.482. The maximum absolute atomic E-state index is 12.3. The van der Waals surface area contributed by atoms with Crippen molar-refractivity contribution in [2.75, 3.05) is 6.54 Å². The lowest BCUT2D eigenvalue weighted by Gasteiger charge is -2.08. The van der Waals surface area contributed by atoms with Gasteiger partial charge in [-0.05, 0) is 19.1 Å². The van der Waals surface area contributed by atoms with Crippen molar-refractivity contribution in [2.24, 2.45) is 7.05 Å². The first-order valence-corrected chi connectivity index (χ1v) is 5.91. The second-order valence-electron chi connectivity index (χ2n) is 4.32. The zero-order valence-corrected chi connectivity index (χ0v) is 10.9. The van der Waals surface area contributed by atoms with Gasteiger partial charge in [-0.2, -0.15) is 5.10 Å². The van der Waals surface area contributed by atoms with E-state index in [0.717, 1.165) is 5.56 Å². The molecular formula is C14H15N3O2. The predicted octanol–water partition coefficient (Wildman–Crippen LogP) is 1.16. The number of nitrogens with zero attached hydrogens (tertiary/aromatic N) is 2. The molecule has 19 heavy (non-hydrogen) atoms. The van der Waals surface area contributed by atoms with Gasteiger partial charge >= 0.3 is 0 Å². The van der Waals surface area contributed by atoms with Crippen LogP contribution in [0.2, 0.25) is 0 Å². The minimum Gasteiger partial charge on any atom is -0.347 e. The van der Waals surface area contributed by atoms with Gasteiger partial charge in [0.15, 0.2) is 5.69 Å². The summed E-state index contributed by atoms with van der Waals surface area (Å²) in [6.07, 6.45) is 1.55. The second-order valence-corrected chi connectivity index (χ2v) is 4.32. The average Bonchev–Trinajstić information content (AvgIpc) is 2.40. The Morgan fingerprint density at radius 2 is 2.26 bits per heavy atom. The van der Waals surface area contributed by atoms with E-state index in [-0.39, 0.29) is 11.1 Å². The molecule has 5 nitrogen and oxygen atoms in total. The van der Waals surface area contributed by atoms with Gasteiger partial charge in [-0.1, -0.05) is 17.7 Å². The molecule has 1 aromatic heterocycles. The number of amides is 1. The Kier molecular flexibility index (Phi) is 3.46. The summed E-state index contributed by atoms with van der Waals surface area (Å²) >= 11 is 0. The van der Waals surface area contributed by atoms with Gasteiger partial charge in [0.05, 0.1) is 10.9 Å². The van der Waals surface area contributed by atoms with Gasteiger partial charge in [0.25, 0.3) is 5.91 Å².